The number of thiazole rings is 1. The number of aldehydes is 1. The van der Waals surface area contributed by atoms with Crippen molar-refractivity contribution in [2.45, 2.75) is 12.7 Å². The van der Waals surface area contributed by atoms with Crippen LogP contribution in [0.3, 0.4) is 0 Å². The van der Waals surface area contributed by atoms with Crippen LogP contribution in [0.1, 0.15) is 31.4 Å². The molecular formula is C23H13ClF3N3OS. The van der Waals surface area contributed by atoms with Crippen LogP contribution in [0.2, 0.25) is 5.02 Å². The van der Waals surface area contributed by atoms with Crippen molar-refractivity contribution in [3.63, 3.8) is 0 Å². The van der Waals surface area contributed by atoms with Gasteiger partial charge in [-0.1, -0.05) is 41.9 Å². The van der Waals surface area contributed by atoms with Crippen molar-refractivity contribution >= 4 is 51.8 Å². The van der Waals surface area contributed by atoms with E-state index in [0.717, 1.165) is 17.2 Å². The van der Waals surface area contributed by atoms with E-state index in [1.165, 1.54) is 6.20 Å². The normalized spacial score (nSPS) is 12.2. The minimum atomic E-state index is -4.49. The molecule has 4 nitrogen and oxygen atoms in total. The molecule has 32 heavy (non-hydrogen) atoms. The topological polar surface area (TPSA) is 58.7 Å². The Kier molecular flexibility index (Phi) is 5.87. The average molecular weight is 472 g/mol. The van der Waals surface area contributed by atoms with Crippen molar-refractivity contribution in [3.05, 3.63) is 86.5 Å². The van der Waals surface area contributed by atoms with Crippen LogP contribution in [0.15, 0.2) is 54.9 Å². The minimum absolute atomic E-state index is 0.175. The van der Waals surface area contributed by atoms with E-state index in [0.29, 0.717) is 43.5 Å². The molecule has 0 N–H and O–H groups in total. The van der Waals surface area contributed by atoms with Gasteiger partial charge in [0.25, 0.3) is 0 Å². The Morgan fingerprint density at radius 1 is 1.22 bits per heavy atom. The number of carbonyl (C=O) groups is 1. The number of hydrogen-bond acceptors (Lipinski definition) is 4. The summed E-state index contributed by atoms with van der Waals surface area (Å²) in [5.74, 6) is 0. The lowest BCUT2D eigenvalue weighted by molar-refractivity contribution is -0.137. The number of halogens is 4. The van der Waals surface area contributed by atoms with Gasteiger partial charge < -0.3 is 4.57 Å². The summed E-state index contributed by atoms with van der Waals surface area (Å²) in [7, 11) is 0. The molecule has 160 valence electrons. The van der Waals surface area contributed by atoms with Crippen molar-refractivity contribution < 1.29 is 18.0 Å². The van der Waals surface area contributed by atoms with Crippen LogP contribution < -0.4 is 0 Å². The van der Waals surface area contributed by atoms with Crippen LogP contribution in [-0.2, 0) is 12.7 Å². The molecule has 0 fully saturated rings. The Balaban J connectivity index is 1.77. The van der Waals surface area contributed by atoms with Gasteiger partial charge >= 0.3 is 6.18 Å². The summed E-state index contributed by atoms with van der Waals surface area (Å²) in [6, 6.07) is 14.0. The standard InChI is InChI=1S/C23H13ClF3N3OS/c24-18-5-6-20-17(7-16(9-28)15-3-1-14(13-31)2-4-15)11-30(21(20)8-18)12-19-10-29-22(32-19)23(25,26)27/h1-8,10-11,13H,12H2/b16-7+. The molecule has 0 aliphatic heterocycles. The number of aromatic nitrogens is 2. The SMILES string of the molecule is N#C/C(=C\c1cn(Cc2cnc(C(F)(F)F)s2)c2cc(Cl)ccc12)c1ccc(C=O)cc1. The zero-order chi connectivity index (χ0) is 22.9. The number of carbonyl (C=O) groups excluding carboxylic acids is 1. The van der Waals surface area contributed by atoms with Gasteiger partial charge in [0, 0.05) is 38.8 Å². The molecular weight excluding hydrogens is 459 g/mol. The molecule has 0 spiro atoms. The van der Waals surface area contributed by atoms with E-state index in [2.05, 4.69) is 11.1 Å². The number of fused-ring (bicyclic) bond motifs is 1. The molecule has 4 rings (SSSR count). The smallest absolute Gasteiger partial charge is 0.342 e. The predicted octanol–water partition coefficient (Wildman–Crippen LogP) is 6.69. The molecule has 0 amide bonds. The van der Waals surface area contributed by atoms with E-state index in [1.807, 2.05) is 0 Å². The van der Waals surface area contributed by atoms with Crippen molar-refractivity contribution in [2.75, 3.05) is 0 Å². The third kappa shape index (κ3) is 4.44. The first-order valence-electron chi connectivity index (χ1n) is 9.26. The Bertz CT molecular complexity index is 1380. The first-order valence-corrected chi connectivity index (χ1v) is 10.5. The first kappa shape index (κ1) is 21.8. The lowest BCUT2D eigenvalue weighted by Crippen LogP contribution is -2.02. The van der Waals surface area contributed by atoms with E-state index in [4.69, 9.17) is 11.6 Å². The molecule has 0 saturated carbocycles. The Labute approximate surface area is 189 Å². The van der Waals surface area contributed by atoms with Crippen LogP contribution in [0.25, 0.3) is 22.6 Å². The van der Waals surface area contributed by atoms with Gasteiger partial charge in [-0.3, -0.25) is 4.79 Å². The second-order valence-corrected chi connectivity index (χ2v) is 8.46. The van der Waals surface area contributed by atoms with E-state index in [9.17, 15) is 23.2 Å². The molecule has 2 aromatic heterocycles. The van der Waals surface area contributed by atoms with Gasteiger partial charge in [-0.2, -0.15) is 18.4 Å². The number of nitrogens with zero attached hydrogens (tertiary/aromatic N) is 3. The van der Waals surface area contributed by atoms with Gasteiger partial charge in [-0.25, -0.2) is 4.98 Å². The summed E-state index contributed by atoms with van der Waals surface area (Å²) in [5, 5.41) is 10.1. The number of allylic oxidation sites excluding steroid dienone is 1. The largest absolute Gasteiger partial charge is 0.443 e. The lowest BCUT2D eigenvalue weighted by atomic mass is 10.0. The van der Waals surface area contributed by atoms with Crippen LogP contribution in [-0.4, -0.2) is 15.8 Å². The fraction of sp³-hybridized carbons (Fsp3) is 0.0870. The fourth-order valence-corrected chi connectivity index (χ4v) is 4.24. The van der Waals surface area contributed by atoms with Gasteiger partial charge in [-0.15, -0.1) is 11.3 Å². The maximum atomic E-state index is 12.9. The monoisotopic (exact) mass is 471 g/mol. The molecule has 0 aliphatic carbocycles. The molecule has 0 saturated heterocycles. The first-order chi connectivity index (χ1) is 15.3. The summed E-state index contributed by atoms with van der Waals surface area (Å²) < 4.78 is 40.5. The van der Waals surface area contributed by atoms with Crippen molar-refractivity contribution in [2.24, 2.45) is 0 Å². The molecule has 0 radical (unpaired) electrons. The molecule has 0 unspecified atom stereocenters. The third-order valence-corrected chi connectivity index (χ3v) is 6.04. The Morgan fingerprint density at radius 3 is 2.59 bits per heavy atom. The number of alkyl halides is 3. The second kappa shape index (κ2) is 8.61. The number of hydrogen-bond donors (Lipinski definition) is 0. The summed E-state index contributed by atoms with van der Waals surface area (Å²) in [6.45, 7) is 0.175. The summed E-state index contributed by atoms with van der Waals surface area (Å²) in [4.78, 5) is 14.8. The van der Waals surface area contributed by atoms with E-state index in [-0.39, 0.29) is 6.54 Å². The molecule has 0 aliphatic rings. The highest BCUT2D eigenvalue weighted by Crippen LogP contribution is 2.34. The Hall–Kier alpha value is -3.41. The highest BCUT2D eigenvalue weighted by atomic mass is 35.5. The van der Waals surface area contributed by atoms with E-state index < -0.39 is 11.2 Å². The number of nitriles is 1. The van der Waals surface area contributed by atoms with Crippen molar-refractivity contribution in [3.8, 4) is 6.07 Å². The van der Waals surface area contributed by atoms with E-state index in [1.54, 1.807) is 59.3 Å². The van der Waals surface area contributed by atoms with Gasteiger partial charge in [0.1, 0.15) is 6.29 Å². The maximum absolute atomic E-state index is 12.9. The van der Waals surface area contributed by atoms with Crippen LogP contribution in [0.4, 0.5) is 13.2 Å². The number of benzene rings is 2. The van der Waals surface area contributed by atoms with Crippen LogP contribution in [0, 0.1) is 11.3 Å². The summed E-state index contributed by atoms with van der Waals surface area (Å²) >= 11 is 6.75. The highest BCUT2D eigenvalue weighted by molar-refractivity contribution is 7.11. The Morgan fingerprint density at radius 2 is 1.97 bits per heavy atom. The van der Waals surface area contributed by atoms with Gasteiger partial charge in [0.05, 0.1) is 23.7 Å². The predicted molar refractivity (Wildman–Crippen MR) is 118 cm³/mol. The minimum Gasteiger partial charge on any atom is -0.342 e. The van der Waals surface area contributed by atoms with Gasteiger partial charge in [0.15, 0.2) is 5.01 Å². The number of rotatable bonds is 5. The molecule has 0 atom stereocenters. The van der Waals surface area contributed by atoms with Crippen molar-refractivity contribution in [1.82, 2.24) is 9.55 Å². The molecule has 0 bridgehead atoms. The van der Waals surface area contributed by atoms with Crippen LogP contribution >= 0.6 is 22.9 Å². The second-order valence-electron chi connectivity index (χ2n) is 6.91. The average Bonchev–Trinajstić information content (AvgIpc) is 3.37. The molecule has 4 aromatic rings. The fourth-order valence-electron chi connectivity index (χ4n) is 3.30. The van der Waals surface area contributed by atoms with Gasteiger partial charge in [0.2, 0.25) is 0 Å². The summed E-state index contributed by atoms with van der Waals surface area (Å²) in [5.41, 5.74) is 2.96. The zero-order valence-electron chi connectivity index (χ0n) is 16.2. The quantitative estimate of drug-likeness (QED) is 0.240. The zero-order valence-corrected chi connectivity index (χ0v) is 17.8. The highest BCUT2D eigenvalue weighted by Gasteiger charge is 2.34. The van der Waals surface area contributed by atoms with Crippen molar-refractivity contribution in [1.29, 1.82) is 5.26 Å². The lowest BCUT2D eigenvalue weighted by Gasteiger charge is -2.03. The molecule has 9 heteroatoms. The molecule has 2 heterocycles. The van der Waals surface area contributed by atoms with Crippen LogP contribution in [0.5, 0.6) is 0 Å². The van der Waals surface area contributed by atoms with Gasteiger partial charge in [-0.05, 0) is 23.8 Å². The van der Waals surface area contributed by atoms with E-state index >= 15 is 0 Å². The molecule has 2 aromatic carbocycles. The summed E-state index contributed by atoms with van der Waals surface area (Å²) in [6.07, 6.45) is 0.927. The maximum Gasteiger partial charge on any atom is 0.443 e. The third-order valence-electron chi connectivity index (χ3n) is 4.78.